The van der Waals surface area contributed by atoms with Crippen LogP contribution in [0, 0.1) is 6.92 Å². The van der Waals surface area contributed by atoms with Crippen LogP contribution in [0.15, 0.2) is 62.6 Å². The molecule has 3 N–H and O–H groups in total. The molecule has 0 aliphatic carbocycles. The minimum atomic E-state index is -4.05. The molecule has 10 nitrogen and oxygen atoms in total. The molecule has 0 fully saturated rings. The molecule has 1 atom stereocenters. The summed E-state index contributed by atoms with van der Waals surface area (Å²) in [6, 6.07) is 11.6. The van der Waals surface area contributed by atoms with Gasteiger partial charge in [-0.15, -0.1) is 4.83 Å². The van der Waals surface area contributed by atoms with Crippen LogP contribution in [0.4, 0.5) is 5.69 Å². The molecular weight excluding hydrogens is 438 g/mol. The van der Waals surface area contributed by atoms with Gasteiger partial charge in [0.1, 0.15) is 11.3 Å². The third-order valence-electron chi connectivity index (χ3n) is 4.40. The minimum absolute atomic E-state index is 0.111. The maximum atomic E-state index is 12.4. The van der Waals surface area contributed by atoms with Crippen LogP contribution in [0.25, 0.3) is 11.0 Å². The number of hydrogen-bond donors (Lipinski definition) is 3. The molecule has 1 heterocycles. The number of hydrazine groups is 1. The molecule has 0 spiro atoms. The minimum Gasteiger partial charge on any atom is -0.481 e. The normalized spacial score (nSPS) is 12.2. The zero-order valence-electron chi connectivity index (χ0n) is 17.5. The molecule has 11 heteroatoms. The van der Waals surface area contributed by atoms with Gasteiger partial charge >= 0.3 is 5.63 Å². The molecule has 3 rings (SSSR count). The van der Waals surface area contributed by atoms with Gasteiger partial charge in [-0.3, -0.25) is 15.0 Å². The van der Waals surface area contributed by atoms with Crippen molar-refractivity contribution in [3.05, 3.63) is 64.5 Å². The average Bonchev–Trinajstić information content (AvgIpc) is 2.71. The van der Waals surface area contributed by atoms with E-state index in [1.54, 1.807) is 19.1 Å². The lowest BCUT2D eigenvalue weighted by Crippen LogP contribution is -2.47. The van der Waals surface area contributed by atoms with E-state index >= 15 is 0 Å². The van der Waals surface area contributed by atoms with E-state index in [0.29, 0.717) is 11.3 Å². The van der Waals surface area contributed by atoms with Gasteiger partial charge in [-0.05, 0) is 55.8 Å². The van der Waals surface area contributed by atoms with Crippen molar-refractivity contribution in [1.82, 2.24) is 10.3 Å². The van der Waals surface area contributed by atoms with Crippen molar-refractivity contribution >= 4 is 38.5 Å². The molecule has 168 valence electrons. The molecule has 0 radical (unpaired) electrons. The number of fused-ring (bicyclic) bond motifs is 1. The lowest BCUT2D eigenvalue weighted by molar-refractivity contribution is -0.127. The largest absolute Gasteiger partial charge is 0.481 e. The zero-order valence-corrected chi connectivity index (χ0v) is 18.3. The Morgan fingerprint density at radius 1 is 1.06 bits per heavy atom. The average molecular weight is 459 g/mol. The number of benzene rings is 2. The highest BCUT2D eigenvalue weighted by atomic mass is 32.2. The molecule has 0 saturated heterocycles. The van der Waals surface area contributed by atoms with E-state index in [1.807, 2.05) is 4.83 Å². The Balaban J connectivity index is 1.63. The van der Waals surface area contributed by atoms with Gasteiger partial charge in [0, 0.05) is 30.1 Å². The van der Waals surface area contributed by atoms with Crippen LogP contribution in [-0.2, 0) is 19.6 Å². The van der Waals surface area contributed by atoms with E-state index in [9.17, 15) is 22.8 Å². The number of sulfonamides is 1. The van der Waals surface area contributed by atoms with Crippen LogP contribution in [0.2, 0.25) is 0 Å². The number of carbonyl (C=O) groups is 2. The molecule has 32 heavy (non-hydrogen) atoms. The van der Waals surface area contributed by atoms with Crippen LogP contribution in [0.5, 0.6) is 5.75 Å². The second-order valence-electron chi connectivity index (χ2n) is 6.97. The van der Waals surface area contributed by atoms with Crippen LogP contribution in [-0.4, -0.2) is 26.3 Å². The zero-order chi connectivity index (χ0) is 23.5. The summed E-state index contributed by atoms with van der Waals surface area (Å²) in [5.41, 5.74) is 3.08. The Morgan fingerprint density at radius 3 is 2.41 bits per heavy atom. The Labute approximate surface area is 183 Å². The molecule has 1 aromatic heterocycles. The van der Waals surface area contributed by atoms with E-state index in [0.717, 1.165) is 10.9 Å². The molecule has 0 aliphatic heterocycles. The fraction of sp³-hybridized carbons (Fsp3) is 0.190. The van der Waals surface area contributed by atoms with Gasteiger partial charge in [0.05, 0.1) is 4.90 Å². The van der Waals surface area contributed by atoms with Crippen molar-refractivity contribution in [2.45, 2.75) is 31.8 Å². The maximum Gasteiger partial charge on any atom is 0.336 e. The number of ether oxygens (including phenoxy) is 1. The van der Waals surface area contributed by atoms with Crippen molar-refractivity contribution in [2.75, 3.05) is 5.32 Å². The first-order chi connectivity index (χ1) is 15.0. The summed E-state index contributed by atoms with van der Waals surface area (Å²) in [7, 11) is -4.05. The first-order valence-corrected chi connectivity index (χ1v) is 10.9. The predicted octanol–water partition coefficient (Wildman–Crippen LogP) is 1.84. The molecule has 0 aliphatic rings. The van der Waals surface area contributed by atoms with Gasteiger partial charge < -0.3 is 14.5 Å². The fourth-order valence-electron chi connectivity index (χ4n) is 2.83. The highest BCUT2D eigenvalue weighted by molar-refractivity contribution is 7.89. The number of amides is 2. The molecule has 2 amide bonds. The standard InChI is InChI=1S/C21H21N3O7S/c1-12-10-20(26)31-19-11-16(6-9-18(12)19)30-13(2)21(27)23-24-32(28,29)17-7-4-15(5-8-17)22-14(3)25/h4-11,13,24H,1-3H3,(H,22,25)(H,23,27). The van der Waals surface area contributed by atoms with Gasteiger partial charge in [-0.1, -0.05) is 0 Å². The van der Waals surface area contributed by atoms with E-state index < -0.39 is 27.7 Å². The molecule has 3 aromatic rings. The van der Waals surface area contributed by atoms with Gasteiger partial charge in [-0.25, -0.2) is 13.2 Å². The third kappa shape index (κ3) is 5.50. The van der Waals surface area contributed by atoms with Gasteiger partial charge in [-0.2, -0.15) is 0 Å². The highest BCUT2D eigenvalue weighted by Crippen LogP contribution is 2.23. The van der Waals surface area contributed by atoms with Crippen molar-refractivity contribution in [2.24, 2.45) is 0 Å². The smallest absolute Gasteiger partial charge is 0.336 e. The van der Waals surface area contributed by atoms with Crippen molar-refractivity contribution in [1.29, 1.82) is 0 Å². The summed E-state index contributed by atoms with van der Waals surface area (Å²) in [6.45, 7) is 4.54. The van der Waals surface area contributed by atoms with Crippen LogP contribution in [0.3, 0.4) is 0 Å². The van der Waals surface area contributed by atoms with Gasteiger partial charge in [0.25, 0.3) is 15.9 Å². The number of rotatable bonds is 7. The lowest BCUT2D eigenvalue weighted by atomic mass is 10.1. The van der Waals surface area contributed by atoms with Crippen molar-refractivity contribution < 1.29 is 27.2 Å². The van der Waals surface area contributed by atoms with E-state index in [1.165, 1.54) is 50.2 Å². The van der Waals surface area contributed by atoms with Crippen LogP contribution < -0.4 is 25.9 Å². The summed E-state index contributed by atoms with van der Waals surface area (Å²) >= 11 is 0. The Kier molecular flexibility index (Phi) is 6.61. The summed E-state index contributed by atoms with van der Waals surface area (Å²) in [6.07, 6.45) is -1.06. The SMILES string of the molecule is CC(=O)Nc1ccc(S(=O)(=O)NNC(=O)C(C)Oc2ccc3c(C)cc(=O)oc3c2)cc1. The topological polar surface area (TPSA) is 144 Å². The molecular formula is C21H21N3O7S. The van der Waals surface area contributed by atoms with Crippen molar-refractivity contribution in [3.63, 3.8) is 0 Å². The maximum absolute atomic E-state index is 12.4. The van der Waals surface area contributed by atoms with E-state index in [2.05, 4.69) is 10.7 Å². The molecule has 0 bridgehead atoms. The predicted molar refractivity (Wildman–Crippen MR) is 117 cm³/mol. The van der Waals surface area contributed by atoms with Gasteiger partial charge in [0.2, 0.25) is 5.91 Å². The monoisotopic (exact) mass is 459 g/mol. The Bertz CT molecular complexity index is 1330. The Morgan fingerprint density at radius 2 is 1.75 bits per heavy atom. The van der Waals surface area contributed by atoms with Gasteiger partial charge in [0.15, 0.2) is 6.10 Å². The molecule has 1 unspecified atom stereocenters. The summed E-state index contributed by atoms with van der Waals surface area (Å²) in [5.74, 6) is -0.761. The van der Waals surface area contributed by atoms with Crippen LogP contribution >= 0.6 is 0 Å². The number of aryl methyl sites for hydroxylation is 1. The summed E-state index contributed by atoms with van der Waals surface area (Å²) in [5, 5.41) is 3.25. The first kappa shape index (κ1) is 23.0. The van der Waals surface area contributed by atoms with E-state index in [-0.39, 0.29) is 16.6 Å². The lowest BCUT2D eigenvalue weighted by Gasteiger charge is -2.15. The van der Waals surface area contributed by atoms with Crippen LogP contribution in [0.1, 0.15) is 19.4 Å². The summed E-state index contributed by atoms with van der Waals surface area (Å²) < 4.78 is 35.4. The second kappa shape index (κ2) is 9.20. The quantitative estimate of drug-likeness (QED) is 0.361. The summed E-state index contributed by atoms with van der Waals surface area (Å²) in [4.78, 5) is 36.8. The Hall–Kier alpha value is -3.70. The molecule has 0 saturated carbocycles. The fourth-order valence-corrected chi connectivity index (χ4v) is 3.68. The van der Waals surface area contributed by atoms with Crippen molar-refractivity contribution in [3.8, 4) is 5.75 Å². The number of carbonyl (C=O) groups excluding carboxylic acids is 2. The highest BCUT2D eigenvalue weighted by Gasteiger charge is 2.20. The third-order valence-corrected chi connectivity index (χ3v) is 5.66. The number of hydrogen-bond acceptors (Lipinski definition) is 7. The molecule has 2 aromatic carbocycles. The number of anilines is 1. The van der Waals surface area contributed by atoms with E-state index in [4.69, 9.17) is 9.15 Å². The second-order valence-corrected chi connectivity index (χ2v) is 8.65. The first-order valence-electron chi connectivity index (χ1n) is 9.45. The number of nitrogens with one attached hydrogen (secondary N) is 3.